The molecule has 5 nitrogen and oxygen atoms in total. The summed E-state index contributed by atoms with van der Waals surface area (Å²) in [6, 6.07) is 0. The molecule has 0 saturated heterocycles. The van der Waals surface area contributed by atoms with E-state index in [9.17, 15) is 4.79 Å². The van der Waals surface area contributed by atoms with E-state index < -0.39 is 11.5 Å². The Morgan fingerprint density at radius 1 is 1.62 bits per heavy atom. The topological polar surface area (TPSA) is 75.1 Å². The van der Waals surface area contributed by atoms with E-state index in [0.717, 1.165) is 0 Å². The van der Waals surface area contributed by atoms with Crippen molar-refractivity contribution in [2.45, 2.75) is 26.3 Å². The summed E-state index contributed by atoms with van der Waals surface area (Å²) in [7, 11) is 0. The van der Waals surface area contributed by atoms with Gasteiger partial charge in [0.1, 0.15) is 0 Å². The molecule has 84 valence electrons. The Labute approximate surface area is 93.9 Å². The van der Waals surface area contributed by atoms with Crippen molar-refractivity contribution < 1.29 is 9.90 Å². The van der Waals surface area contributed by atoms with Crippen LogP contribution in [0.25, 0.3) is 0 Å². The number of anilines is 1. The maximum Gasteiger partial charge on any atom is 0.339 e. The number of carboxylic acid groups (broad SMARTS) is 1. The van der Waals surface area contributed by atoms with Crippen LogP contribution in [0.2, 0.25) is 0 Å². The van der Waals surface area contributed by atoms with Gasteiger partial charge in [0.15, 0.2) is 0 Å². The molecule has 1 aromatic rings. The summed E-state index contributed by atoms with van der Waals surface area (Å²) in [5, 5.41) is 11.7. The minimum absolute atomic E-state index is 0.0871. The molecule has 0 spiro atoms. The van der Waals surface area contributed by atoms with Crippen LogP contribution in [-0.4, -0.2) is 26.6 Å². The molecule has 0 fully saturated rings. The number of rotatable bonds is 3. The minimum atomic E-state index is -1.04. The van der Waals surface area contributed by atoms with Gasteiger partial charge < -0.3 is 10.4 Å². The smallest absolute Gasteiger partial charge is 0.339 e. The molecule has 1 heterocycles. The van der Waals surface area contributed by atoms with Crippen molar-refractivity contribution in [2.75, 3.05) is 5.32 Å². The summed E-state index contributed by atoms with van der Waals surface area (Å²) in [4.78, 5) is 18.7. The molecule has 5 heteroatoms. The Bertz CT molecular complexity index is 461. The minimum Gasteiger partial charge on any atom is -0.478 e. The van der Waals surface area contributed by atoms with Gasteiger partial charge >= 0.3 is 5.97 Å². The van der Waals surface area contributed by atoms with Crippen molar-refractivity contribution in [3.05, 3.63) is 17.5 Å². The molecular formula is C11H13N3O2. The normalized spacial score (nSPS) is 10.6. The van der Waals surface area contributed by atoms with Crippen LogP contribution in [-0.2, 0) is 0 Å². The van der Waals surface area contributed by atoms with Crippen molar-refractivity contribution in [1.29, 1.82) is 0 Å². The fourth-order valence-corrected chi connectivity index (χ4v) is 1.05. The summed E-state index contributed by atoms with van der Waals surface area (Å²) in [6.07, 6.45) is 6.57. The summed E-state index contributed by atoms with van der Waals surface area (Å²) in [5.41, 5.74) is -0.0844. The molecule has 0 amide bonds. The lowest BCUT2D eigenvalue weighted by Gasteiger charge is -2.19. The SMILES string of the molecule is C#CC(C)(C)Nc1ncc(C(=O)O)c(C)n1. The average Bonchev–Trinajstić information content (AvgIpc) is 2.16. The molecular weight excluding hydrogens is 206 g/mol. The van der Waals surface area contributed by atoms with E-state index in [0.29, 0.717) is 11.6 Å². The standard InChI is InChI=1S/C11H13N3O2/c1-5-11(3,4)14-10-12-6-8(9(15)16)7(2)13-10/h1,6H,2-4H3,(H,15,16)(H,12,13,14). The van der Waals surface area contributed by atoms with Crippen LogP contribution < -0.4 is 5.32 Å². The van der Waals surface area contributed by atoms with Crippen LogP contribution in [0.3, 0.4) is 0 Å². The number of hydrogen-bond acceptors (Lipinski definition) is 4. The molecule has 1 rings (SSSR count). The van der Waals surface area contributed by atoms with Gasteiger partial charge in [-0.2, -0.15) is 0 Å². The molecule has 0 unspecified atom stereocenters. The molecule has 0 aliphatic carbocycles. The van der Waals surface area contributed by atoms with Gasteiger partial charge in [-0.25, -0.2) is 14.8 Å². The Morgan fingerprint density at radius 3 is 2.69 bits per heavy atom. The number of terminal acetylenes is 1. The van der Waals surface area contributed by atoms with Gasteiger partial charge in [-0.1, -0.05) is 5.92 Å². The van der Waals surface area contributed by atoms with E-state index >= 15 is 0 Å². The van der Waals surface area contributed by atoms with Crippen molar-refractivity contribution in [1.82, 2.24) is 9.97 Å². The van der Waals surface area contributed by atoms with E-state index in [4.69, 9.17) is 11.5 Å². The van der Waals surface area contributed by atoms with E-state index in [-0.39, 0.29) is 5.56 Å². The number of carbonyl (C=O) groups is 1. The third-order valence-electron chi connectivity index (χ3n) is 1.99. The molecule has 0 aliphatic rings. The fourth-order valence-electron chi connectivity index (χ4n) is 1.05. The highest BCUT2D eigenvalue weighted by molar-refractivity contribution is 5.88. The van der Waals surface area contributed by atoms with Crippen LogP contribution in [0.5, 0.6) is 0 Å². The van der Waals surface area contributed by atoms with Gasteiger partial charge in [-0.05, 0) is 20.8 Å². The lowest BCUT2D eigenvalue weighted by molar-refractivity contribution is 0.0695. The number of nitrogens with one attached hydrogen (secondary N) is 1. The molecule has 0 aromatic carbocycles. The van der Waals surface area contributed by atoms with Crippen molar-refractivity contribution in [3.63, 3.8) is 0 Å². The Balaban J connectivity index is 2.99. The second-order valence-corrected chi connectivity index (χ2v) is 3.89. The van der Waals surface area contributed by atoms with Crippen molar-refractivity contribution in [3.8, 4) is 12.3 Å². The first-order chi connectivity index (χ1) is 7.35. The number of aryl methyl sites for hydroxylation is 1. The van der Waals surface area contributed by atoms with Crippen LogP contribution >= 0.6 is 0 Å². The highest BCUT2D eigenvalue weighted by Crippen LogP contribution is 2.12. The molecule has 2 N–H and O–H groups in total. The van der Waals surface area contributed by atoms with E-state index in [1.54, 1.807) is 20.8 Å². The Hall–Kier alpha value is -2.09. The zero-order chi connectivity index (χ0) is 12.3. The molecule has 0 atom stereocenters. The number of aromatic carboxylic acids is 1. The van der Waals surface area contributed by atoms with Crippen LogP contribution in [0.1, 0.15) is 29.9 Å². The van der Waals surface area contributed by atoms with Gasteiger partial charge in [0.2, 0.25) is 5.95 Å². The molecule has 16 heavy (non-hydrogen) atoms. The second kappa shape index (κ2) is 4.19. The zero-order valence-corrected chi connectivity index (χ0v) is 9.40. The van der Waals surface area contributed by atoms with Gasteiger partial charge in [-0.15, -0.1) is 6.42 Å². The van der Waals surface area contributed by atoms with Crippen LogP contribution in [0, 0.1) is 19.3 Å². The summed E-state index contributed by atoms with van der Waals surface area (Å²) >= 11 is 0. The maximum absolute atomic E-state index is 10.7. The first-order valence-electron chi connectivity index (χ1n) is 4.68. The molecule has 0 bridgehead atoms. The first-order valence-corrected chi connectivity index (χ1v) is 4.68. The Morgan fingerprint density at radius 2 is 2.25 bits per heavy atom. The largest absolute Gasteiger partial charge is 0.478 e. The quantitative estimate of drug-likeness (QED) is 0.749. The van der Waals surface area contributed by atoms with Gasteiger partial charge in [0.25, 0.3) is 0 Å². The summed E-state index contributed by atoms with van der Waals surface area (Å²) in [5.74, 6) is 1.82. The van der Waals surface area contributed by atoms with E-state index in [1.807, 2.05) is 0 Å². The molecule has 0 aliphatic heterocycles. The van der Waals surface area contributed by atoms with Gasteiger partial charge in [0.05, 0.1) is 16.8 Å². The highest BCUT2D eigenvalue weighted by atomic mass is 16.4. The number of aromatic nitrogens is 2. The number of carboxylic acids is 1. The van der Waals surface area contributed by atoms with E-state index in [1.165, 1.54) is 6.20 Å². The maximum atomic E-state index is 10.7. The van der Waals surface area contributed by atoms with Crippen LogP contribution in [0.15, 0.2) is 6.20 Å². The number of nitrogens with zero attached hydrogens (tertiary/aromatic N) is 2. The van der Waals surface area contributed by atoms with Crippen molar-refractivity contribution >= 4 is 11.9 Å². The predicted octanol–water partition coefficient (Wildman–Crippen LogP) is 1.31. The highest BCUT2D eigenvalue weighted by Gasteiger charge is 2.16. The summed E-state index contributed by atoms with van der Waals surface area (Å²) < 4.78 is 0. The van der Waals surface area contributed by atoms with Crippen LogP contribution in [0.4, 0.5) is 5.95 Å². The zero-order valence-electron chi connectivity index (χ0n) is 9.40. The molecule has 0 saturated carbocycles. The lowest BCUT2D eigenvalue weighted by Crippen LogP contribution is -2.29. The molecule has 0 radical (unpaired) electrons. The first kappa shape index (κ1) is 12.0. The number of hydrogen-bond donors (Lipinski definition) is 2. The van der Waals surface area contributed by atoms with Gasteiger partial charge in [0, 0.05) is 6.20 Å². The van der Waals surface area contributed by atoms with Gasteiger partial charge in [-0.3, -0.25) is 0 Å². The molecule has 1 aromatic heterocycles. The third-order valence-corrected chi connectivity index (χ3v) is 1.99. The third kappa shape index (κ3) is 2.70. The van der Waals surface area contributed by atoms with E-state index in [2.05, 4.69) is 21.2 Å². The Kier molecular flexibility index (Phi) is 3.14. The van der Waals surface area contributed by atoms with Crippen molar-refractivity contribution in [2.24, 2.45) is 0 Å². The predicted molar refractivity (Wildman–Crippen MR) is 60.3 cm³/mol. The lowest BCUT2D eigenvalue weighted by atomic mass is 10.1. The monoisotopic (exact) mass is 219 g/mol. The summed E-state index contributed by atoms with van der Waals surface area (Å²) in [6.45, 7) is 5.22. The average molecular weight is 219 g/mol. The second-order valence-electron chi connectivity index (χ2n) is 3.89. The fraction of sp³-hybridized carbons (Fsp3) is 0.364.